The second-order valence-electron chi connectivity index (χ2n) is 6.64. The smallest absolute Gasteiger partial charge is 0.256 e. The van der Waals surface area contributed by atoms with Crippen LogP contribution in [0.15, 0.2) is 59.4 Å². The molecule has 0 bridgehead atoms. The zero-order valence-electron chi connectivity index (χ0n) is 16.2. The summed E-state index contributed by atoms with van der Waals surface area (Å²) in [5, 5.41) is 3.07. The van der Waals surface area contributed by atoms with Crippen LogP contribution in [0.3, 0.4) is 0 Å². The molecule has 1 heterocycles. The molecule has 0 radical (unpaired) electrons. The number of anilines is 1. The standard InChI is InChI=1S/C22H21BrN4O3/c23-13-18(28)14-8-10-16(11-9-14)20(29)25-12-4-7-17-19(15-5-2-1-3-6-15)26-22(24)27-21(17)30/h1-3,5-6,8-11H,4,7,12-13H2,(H,25,29)(H3,24,26,27,30). The highest BCUT2D eigenvalue weighted by Crippen LogP contribution is 2.20. The zero-order chi connectivity index (χ0) is 21.5. The molecule has 7 nitrogen and oxygen atoms in total. The first-order chi connectivity index (χ1) is 14.5. The van der Waals surface area contributed by atoms with E-state index < -0.39 is 0 Å². The summed E-state index contributed by atoms with van der Waals surface area (Å²) < 4.78 is 0. The lowest BCUT2D eigenvalue weighted by Crippen LogP contribution is -2.26. The van der Waals surface area contributed by atoms with Crippen LogP contribution in [0.2, 0.25) is 0 Å². The number of nitrogens with zero attached hydrogens (tertiary/aromatic N) is 1. The molecule has 0 saturated carbocycles. The van der Waals surface area contributed by atoms with Gasteiger partial charge in [-0.15, -0.1) is 0 Å². The van der Waals surface area contributed by atoms with Crippen LogP contribution in [0.25, 0.3) is 11.3 Å². The summed E-state index contributed by atoms with van der Waals surface area (Å²) in [6, 6.07) is 15.9. The predicted octanol–water partition coefficient (Wildman–Crippen LogP) is 2.96. The minimum atomic E-state index is -0.278. The van der Waals surface area contributed by atoms with E-state index in [0.717, 1.165) is 5.56 Å². The molecule has 30 heavy (non-hydrogen) atoms. The Morgan fingerprint density at radius 2 is 1.70 bits per heavy atom. The second-order valence-corrected chi connectivity index (χ2v) is 7.20. The molecule has 0 atom stereocenters. The molecule has 0 unspecified atom stereocenters. The van der Waals surface area contributed by atoms with Crippen LogP contribution in [-0.4, -0.2) is 33.5 Å². The minimum Gasteiger partial charge on any atom is -0.369 e. The van der Waals surface area contributed by atoms with Gasteiger partial charge in [-0.05, 0) is 25.0 Å². The molecule has 0 aliphatic heterocycles. The van der Waals surface area contributed by atoms with Gasteiger partial charge in [0.1, 0.15) is 0 Å². The maximum Gasteiger partial charge on any atom is 0.256 e. The van der Waals surface area contributed by atoms with Crippen LogP contribution in [0.4, 0.5) is 5.95 Å². The van der Waals surface area contributed by atoms with Gasteiger partial charge in [-0.1, -0.05) is 58.4 Å². The molecular formula is C22H21BrN4O3. The number of aromatic amines is 1. The van der Waals surface area contributed by atoms with E-state index in [2.05, 4.69) is 31.2 Å². The number of halogens is 1. The van der Waals surface area contributed by atoms with Gasteiger partial charge in [0.15, 0.2) is 5.78 Å². The van der Waals surface area contributed by atoms with Crippen molar-refractivity contribution < 1.29 is 9.59 Å². The summed E-state index contributed by atoms with van der Waals surface area (Å²) >= 11 is 3.12. The van der Waals surface area contributed by atoms with E-state index in [1.165, 1.54) is 0 Å². The number of Topliss-reactive ketones (excluding diaryl/α,β-unsaturated/α-hetero) is 1. The Hall–Kier alpha value is -3.26. The number of nitrogens with two attached hydrogens (primary N) is 1. The van der Waals surface area contributed by atoms with E-state index in [1.807, 2.05) is 30.3 Å². The van der Waals surface area contributed by atoms with Gasteiger partial charge in [0.05, 0.1) is 11.0 Å². The predicted molar refractivity (Wildman–Crippen MR) is 120 cm³/mol. The van der Waals surface area contributed by atoms with Gasteiger partial charge in [0.25, 0.3) is 11.5 Å². The summed E-state index contributed by atoms with van der Waals surface area (Å²) in [4.78, 5) is 43.2. The number of ketones is 1. The topological polar surface area (TPSA) is 118 Å². The van der Waals surface area contributed by atoms with Crippen molar-refractivity contribution in [1.82, 2.24) is 15.3 Å². The highest BCUT2D eigenvalue weighted by atomic mass is 79.9. The molecule has 0 aliphatic carbocycles. The fourth-order valence-electron chi connectivity index (χ4n) is 3.04. The third-order valence-corrected chi connectivity index (χ3v) is 5.07. The van der Waals surface area contributed by atoms with Gasteiger partial charge < -0.3 is 11.1 Å². The number of hydrogen-bond donors (Lipinski definition) is 3. The van der Waals surface area contributed by atoms with Crippen molar-refractivity contribution in [3.05, 3.63) is 81.6 Å². The molecule has 0 fully saturated rings. The summed E-state index contributed by atoms with van der Waals surface area (Å²) in [5.41, 5.74) is 8.35. The van der Waals surface area contributed by atoms with Crippen molar-refractivity contribution in [1.29, 1.82) is 0 Å². The number of nitrogen functional groups attached to an aromatic ring is 1. The molecule has 0 saturated heterocycles. The van der Waals surface area contributed by atoms with Gasteiger partial charge >= 0.3 is 0 Å². The Morgan fingerprint density at radius 1 is 1.03 bits per heavy atom. The number of carbonyl (C=O) groups excluding carboxylic acids is 2. The first-order valence-corrected chi connectivity index (χ1v) is 10.5. The third kappa shape index (κ3) is 5.21. The molecule has 1 amide bonds. The van der Waals surface area contributed by atoms with E-state index in [0.29, 0.717) is 41.8 Å². The van der Waals surface area contributed by atoms with Crippen LogP contribution < -0.4 is 16.6 Å². The largest absolute Gasteiger partial charge is 0.369 e. The Labute approximate surface area is 181 Å². The van der Waals surface area contributed by atoms with Crippen LogP contribution >= 0.6 is 15.9 Å². The number of amides is 1. The second kappa shape index (κ2) is 9.98. The van der Waals surface area contributed by atoms with Gasteiger partial charge in [-0.3, -0.25) is 19.4 Å². The number of carbonyl (C=O) groups is 2. The average molecular weight is 469 g/mol. The monoisotopic (exact) mass is 468 g/mol. The van der Waals surface area contributed by atoms with Gasteiger partial charge in [-0.25, -0.2) is 4.98 Å². The number of H-pyrrole nitrogens is 1. The Bertz CT molecular complexity index is 1100. The molecule has 2 aromatic carbocycles. The fraction of sp³-hybridized carbons (Fsp3) is 0.182. The molecule has 4 N–H and O–H groups in total. The number of aromatic nitrogens is 2. The first kappa shape index (κ1) is 21.4. The molecule has 3 rings (SSSR count). The molecule has 154 valence electrons. The van der Waals surface area contributed by atoms with Crippen molar-refractivity contribution in [3.63, 3.8) is 0 Å². The summed E-state index contributed by atoms with van der Waals surface area (Å²) in [6.07, 6.45) is 0.992. The SMILES string of the molecule is Nc1nc(-c2ccccc2)c(CCCNC(=O)c2ccc(C(=O)CBr)cc2)c(=O)[nH]1. The maximum atomic E-state index is 12.4. The number of nitrogens with one attached hydrogen (secondary N) is 2. The van der Waals surface area contributed by atoms with Gasteiger partial charge in [0.2, 0.25) is 5.95 Å². The molecular weight excluding hydrogens is 448 g/mol. The van der Waals surface area contributed by atoms with Crippen molar-refractivity contribution in [2.75, 3.05) is 17.6 Å². The lowest BCUT2D eigenvalue weighted by molar-refractivity contribution is 0.0951. The van der Waals surface area contributed by atoms with E-state index in [4.69, 9.17) is 5.73 Å². The van der Waals surface area contributed by atoms with Crippen LogP contribution in [0, 0.1) is 0 Å². The number of rotatable bonds is 8. The van der Waals surface area contributed by atoms with Crippen molar-refractivity contribution in [2.24, 2.45) is 0 Å². The normalized spacial score (nSPS) is 10.6. The quantitative estimate of drug-likeness (QED) is 0.266. The maximum absolute atomic E-state index is 12.4. The molecule has 3 aromatic rings. The van der Waals surface area contributed by atoms with E-state index in [1.54, 1.807) is 24.3 Å². The summed E-state index contributed by atoms with van der Waals surface area (Å²) in [6.45, 7) is 0.388. The highest BCUT2D eigenvalue weighted by molar-refractivity contribution is 9.09. The van der Waals surface area contributed by atoms with Crippen LogP contribution in [0.1, 0.15) is 32.7 Å². The lowest BCUT2D eigenvalue weighted by Gasteiger charge is -2.10. The third-order valence-electron chi connectivity index (χ3n) is 4.56. The van der Waals surface area contributed by atoms with E-state index >= 15 is 0 Å². The number of benzene rings is 2. The Morgan fingerprint density at radius 3 is 2.37 bits per heavy atom. The average Bonchev–Trinajstić information content (AvgIpc) is 2.77. The van der Waals surface area contributed by atoms with E-state index in [-0.39, 0.29) is 28.5 Å². The fourth-order valence-corrected chi connectivity index (χ4v) is 3.36. The van der Waals surface area contributed by atoms with Crippen molar-refractivity contribution in [3.8, 4) is 11.3 Å². The first-order valence-electron chi connectivity index (χ1n) is 9.41. The molecule has 0 aliphatic rings. The van der Waals surface area contributed by atoms with E-state index in [9.17, 15) is 14.4 Å². The van der Waals surface area contributed by atoms with Gasteiger partial charge in [-0.2, -0.15) is 0 Å². The highest BCUT2D eigenvalue weighted by Gasteiger charge is 2.13. The molecule has 8 heteroatoms. The molecule has 1 aromatic heterocycles. The Balaban J connectivity index is 1.63. The molecule has 0 spiro atoms. The Kier molecular flexibility index (Phi) is 7.13. The van der Waals surface area contributed by atoms with Crippen molar-refractivity contribution in [2.45, 2.75) is 12.8 Å². The summed E-state index contributed by atoms with van der Waals surface area (Å²) in [5.74, 6) is -0.211. The number of alkyl halides is 1. The van der Waals surface area contributed by atoms with Gasteiger partial charge in [0, 0.05) is 28.8 Å². The lowest BCUT2D eigenvalue weighted by atomic mass is 10.0. The summed E-state index contributed by atoms with van der Waals surface area (Å²) in [7, 11) is 0. The van der Waals surface area contributed by atoms with Crippen LogP contribution in [0.5, 0.6) is 0 Å². The van der Waals surface area contributed by atoms with Crippen LogP contribution in [-0.2, 0) is 6.42 Å². The minimum absolute atomic E-state index is 0.0430. The number of hydrogen-bond acceptors (Lipinski definition) is 5. The van der Waals surface area contributed by atoms with Crippen molar-refractivity contribution >= 4 is 33.6 Å². The zero-order valence-corrected chi connectivity index (χ0v) is 17.7.